The normalized spacial score (nSPS) is 23.4. The molecule has 0 aromatic carbocycles. The third-order valence-electron chi connectivity index (χ3n) is 5.05. The van der Waals surface area contributed by atoms with E-state index in [1.165, 1.54) is 0 Å². The van der Waals surface area contributed by atoms with Gasteiger partial charge in [0.1, 0.15) is 11.5 Å². The number of carbonyl (C=O) groups excluding carboxylic acids is 2. The highest BCUT2D eigenvalue weighted by molar-refractivity contribution is 5.83. The molecule has 0 spiro atoms. The van der Waals surface area contributed by atoms with Crippen molar-refractivity contribution in [1.82, 2.24) is 20.7 Å². The van der Waals surface area contributed by atoms with Crippen molar-refractivity contribution in [3.63, 3.8) is 0 Å². The molecule has 8 heteroatoms. The minimum Gasteiger partial charge on any atom is -0.378 e. The Hall–Kier alpha value is -1.93. The van der Waals surface area contributed by atoms with Gasteiger partial charge >= 0.3 is 0 Å². The van der Waals surface area contributed by atoms with Crippen LogP contribution in [0.2, 0.25) is 0 Å². The molecule has 3 heterocycles. The molecule has 2 saturated heterocycles. The Balaban J connectivity index is 1.47. The average Bonchev–Trinajstić information content (AvgIpc) is 3.13. The van der Waals surface area contributed by atoms with E-state index in [0.717, 1.165) is 17.9 Å². The quantitative estimate of drug-likeness (QED) is 0.751. The van der Waals surface area contributed by atoms with E-state index in [9.17, 15) is 9.59 Å². The van der Waals surface area contributed by atoms with Crippen LogP contribution >= 0.6 is 0 Å². The van der Waals surface area contributed by atoms with Gasteiger partial charge in [0.05, 0.1) is 31.6 Å². The van der Waals surface area contributed by atoms with Gasteiger partial charge < -0.3 is 24.8 Å². The Morgan fingerprint density at radius 3 is 2.78 bits per heavy atom. The molecule has 3 rings (SSSR count). The third-order valence-corrected chi connectivity index (χ3v) is 5.05. The van der Waals surface area contributed by atoms with E-state index in [0.29, 0.717) is 58.3 Å². The van der Waals surface area contributed by atoms with Gasteiger partial charge in [0.25, 0.3) is 0 Å². The van der Waals surface area contributed by atoms with Gasteiger partial charge in [-0.1, -0.05) is 19.0 Å². The maximum atomic E-state index is 12.7. The first-order valence-electron chi connectivity index (χ1n) is 9.82. The van der Waals surface area contributed by atoms with Crippen LogP contribution in [0.15, 0.2) is 10.6 Å². The lowest BCUT2D eigenvalue weighted by Gasteiger charge is -2.34. The zero-order chi connectivity index (χ0) is 19.2. The van der Waals surface area contributed by atoms with E-state index in [-0.39, 0.29) is 23.7 Å². The number of hydrogen-bond acceptors (Lipinski definition) is 6. The van der Waals surface area contributed by atoms with Crippen LogP contribution in [0.4, 0.5) is 0 Å². The Morgan fingerprint density at radius 1 is 1.30 bits per heavy atom. The molecule has 1 aromatic rings. The fraction of sp³-hybridized carbons (Fsp3) is 0.737. The van der Waals surface area contributed by atoms with Gasteiger partial charge in [0.15, 0.2) is 0 Å². The number of rotatable bonds is 6. The second-order valence-corrected chi connectivity index (χ2v) is 7.83. The molecule has 8 nitrogen and oxygen atoms in total. The summed E-state index contributed by atoms with van der Waals surface area (Å²) in [7, 11) is 0. The molecule has 2 aliphatic rings. The van der Waals surface area contributed by atoms with E-state index in [2.05, 4.69) is 29.6 Å². The molecule has 2 aliphatic heterocycles. The number of aromatic nitrogens is 1. The van der Waals surface area contributed by atoms with Crippen molar-refractivity contribution in [2.45, 2.75) is 33.2 Å². The molecule has 2 fully saturated rings. The topological polar surface area (TPSA) is 96.7 Å². The van der Waals surface area contributed by atoms with Gasteiger partial charge in [-0.3, -0.25) is 9.59 Å². The number of nitrogens with one attached hydrogen (secondary N) is 2. The molecule has 0 aliphatic carbocycles. The lowest BCUT2D eigenvalue weighted by molar-refractivity contribution is -0.141. The first-order valence-corrected chi connectivity index (χ1v) is 9.82. The van der Waals surface area contributed by atoms with Crippen molar-refractivity contribution in [3.05, 3.63) is 17.5 Å². The molecule has 2 atom stereocenters. The van der Waals surface area contributed by atoms with Crippen LogP contribution in [0.5, 0.6) is 0 Å². The van der Waals surface area contributed by atoms with Crippen molar-refractivity contribution in [2.75, 3.05) is 39.4 Å². The smallest absolute Gasteiger partial charge is 0.227 e. The van der Waals surface area contributed by atoms with E-state index in [1.807, 2.05) is 11.0 Å². The van der Waals surface area contributed by atoms with Crippen LogP contribution in [-0.2, 0) is 27.3 Å². The second-order valence-electron chi connectivity index (χ2n) is 7.83. The van der Waals surface area contributed by atoms with Gasteiger partial charge in [0.2, 0.25) is 11.8 Å². The van der Waals surface area contributed by atoms with Crippen molar-refractivity contribution >= 4 is 11.8 Å². The van der Waals surface area contributed by atoms with E-state index < -0.39 is 0 Å². The Kier molecular flexibility index (Phi) is 6.84. The molecule has 2 amide bonds. The first-order chi connectivity index (χ1) is 13.0. The molecule has 27 heavy (non-hydrogen) atoms. The molecular formula is C19H30N4O4. The fourth-order valence-electron chi connectivity index (χ4n) is 3.63. The molecular weight excluding hydrogens is 348 g/mol. The van der Waals surface area contributed by atoms with Crippen LogP contribution < -0.4 is 10.6 Å². The van der Waals surface area contributed by atoms with E-state index in [1.54, 1.807) is 0 Å². The fourth-order valence-corrected chi connectivity index (χ4v) is 3.63. The summed E-state index contributed by atoms with van der Waals surface area (Å²) in [6, 6.07) is 1.89. The minimum absolute atomic E-state index is 0.0459. The molecule has 0 unspecified atom stereocenters. The predicted octanol–water partition coefficient (Wildman–Crippen LogP) is 0.574. The summed E-state index contributed by atoms with van der Waals surface area (Å²) in [4.78, 5) is 27.1. The maximum Gasteiger partial charge on any atom is 0.227 e. The van der Waals surface area contributed by atoms with Crippen LogP contribution in [0.3, 0.4) is 0 Å². The maximum absolute atomic E-state index is 12.7. The summed E-state index contributed by atoms with van der Waals surface area (Å²) in [5.74, 6) is 1.04. The SMILES string of the molecule is CC(C)Cc1cc(CNC(=O)[C@H]2CNC[C@H](C(=O)N3CCOCC3)C2)no1. The molecule has 0 bridgehead atoms. The predicted molar refractivity (Wildman–Crippen MR) is 98.8 cm³/mol. The first kappa shape index (κ1) is 19.8. The van der Waals surface area contributed by atoms with Crippen molar-refractivity contribution in [1.29, 1.82) is 0 Å². The van der Waals surface area contributed by atoms with Crippen molar-refractivity contribution in [3.8, 4) is 0 Å². The molecule has 0 radical (unpaired) electrons. The highest BCUT2D eigenvalue weighted by atomic mass is 16.5. The monoisotopic (exact) mass is 378 g/mol. The molecule has 1 aromatic heterocycles. The van der Waals surface area contributed by atoms with Crippen LogP contribution in [0, 0.1) is 17.8 Å². The number of amides is 2. The number of ether oxygens (including phenoxy) is 1. The molecule has 150 valence electrons. The van der Waals surface area contributed by atoms with Gasteiger partial charge in [0, 0.05) is 38.7 Å². The summed E-state index contributed by atoms with van der Waals surface area (Å²) >= 11 is 0. The van der Waals surface area contributed by atoms with Gasteiger partial charge in [-0.2, -0.15) is 0 Å². The lowest BCUT2D eigenvalue weighted by Crippen LogP contribution is -2.51. The van der Waals surface area contributed by atoms with Gasteiger partial charge in [-0.25, -0.2) is 0 Å². The van der Waals surface area contributed by atoms with Crippen molar-refractivity contribution < 1.29 is 18.8 Å². The standard InChI is InChI=1S/C19H30N4O4/c1-13(2)7-17-9-16(22-27-17)12-21-18(24)14-8-15(11-20-10-14)19(25)23-3-5-26-6-4-23/h9,13-15,20H,3-8,10-12H2,1-2H3,(H,21,24)/t14-,15-/m1/s1. The van der Waals surface area contributed by atoms with Crippen molar-refractivity contribution in [2.24, 2.45) is 17.8 Å². The van der Waals surface area contributed by atoms with E-state index >= 15 is 0 Å². The summed E-state index contributed by atoms with van der Waals surface area (Å²) in [5, 5.41) is 10.2. The van der Waals surface area contributed by atoms with E-state index in [4.69, 9.17) is 9.26 Å². The average molecular weight is 378 g/mol. The largest absolute Gasteiger partial charge is 0.378 e. The Bertz CT molecular complexity index is 639. The summed E-state index contributed by atoms with van der Waals surface area (Å²) < 4.78 is 10.6. The summed E-state index contributed by atoms with van der Waals surface area (Å²) in [5.41, 5.74) is 0.726. The Labute approximate surface area is 160 Å². The van der Waals surface area contributed by atoms with Gasteiger partial charge in [-0.05, 0) is 12.3 Å². The Morgan fingerprint density at radius 2 is 2.04 bits per heavy atom. The van der Waals surface area contributed by atoms with Gasteiger partial charge in [-0.15, -0.1) is 0 Å². The molecule has 0 saturated carbocycles. The van der Waals surface area contributed by atoms with Crippen LogP contribution in [0.25, 0.3) is 0 Å². The lowest BCUT2D eigenvalue weighted by atomic mass is 9.88. The summed E-state index contributed by atoms with van der Waals surface area (Å²) in [6.45, 7) is 8.26. The highest BCUT2D eigenvalue weighted by Crippen LogP contribution is 2.20. The summed E-state index contributed by atoms with van der Waals surface area (Å²) in [6.07, 6.45) is 1.41. The zero-order valence-corrected chi connectivity index (χ0v) is 16.2. The second kappa shape index (κ2) is 9.32. The zero-order valence-electron chi connectivity index (χ0n) is 16.2. The third kappa shape index (κ3) is 5.52. The number of piperidine rings is 1. The number of morpholine rings is 1. The number of nitrogens with zero attached hydrogens (tertiary/aromatic N) is 2. The number of carbonyl (C=O) groups is 2. The van der Waals surface area contributed by atoms with Crippen LogP contribution in [0.1, 0.15) is 31.7 Å². The highest BCUT2D eigenvalue weighted by Gasteiger charge is 2.33. The molecule has 2 N–H and O–H groups in total. The number of hydrogen-bond donors (Lipinski definition) is 2. The van der Waals surface area contributed by atoms with Crippen LogP contribution in [-0.4, -0.2) is 61.3 Å². The minimum atomic E-state index is -0.212.